The van der Waals surface area contributed by atoms with E-state index in [0.717, 1.165) is 38.8 Å². The third kappa shape index (κ3) is 3.48. The molecule has 1 amide bonds. The standard InChI is InChI=1S/C28H24N4O2/c1-19-18-31(28(33)20-9-3-2-4-10-20)15-16-32(19)27-23-13-7-6-12-22(23)26(29-30-27)25-17-21-11-5-8-14-24(21)34-25/h2-14,17,19H,15-16,18H2,1H3. The summed E-state index contributed by atoms with van der Waals surface area (Å²) in [7, 11) is 0. The fourth-order valence-corrected chi connectivity index (χ4v) is 4.80. The normalized spacial score (nSPS) is 16.3. The molecule has 6 rings (SSSR count). The Morgan fingerprint density at radius 3 is 2.41 bits per heavy atom. The summed E-state index contributed by atoms with van der Waals surface area (Å²) in [6.45, 7) is 4.10. The van der Waals surface area contributed by atoms with Crippen LogP contribution in [0.3, 0.4) is 0 Å². The quantitative estimate of drug-likeness (QED) is 0.370. The van der Waals surface area contributed by atoms with Gasteiger partial charge in [0.2, 0.25) is 0 Å². The van der Waals surface area contributed by atoms with Crippen LogP contribution in [-0.4, -0.2) is 46.7 Å². The smallest absolute Gasteiger partial charge is 0.253 e. The second-order valence-corrected chi connectivity index (χ2v) is 8.73. The lowest BCUT2D eigenvalue weighted by molar-refractivity contribution is 0.0726. The zero-order chi connectivity index (χ0) is 23.1. The van der Waals surface area contributed by atoms with E-state index in [9.17, 15) is 4.79 Å². The minimum atomic E-state index is 0.0725. The van der Waals surface area contributed by atoms with Crippen LogP contribution in [0.25, 0.3) is 33.2 Å². The van der Waals surface area contributed by atoms with Crippen molar-refractivity contribution in [3.05, 3.63) is 90.5 Å². The number of amides is 1. The number of benzene rings is 3. The first-order chi connectivity index (χ1) is 16.7. The Labute approximate surface area is 197 Å². The molecule has 1 aliphatic rings. The largest absolute Gasteiger partial charge is 0.454 e. The van der Waals surface area contributed by atoms with Gasteiger partial charge in [0.25, 0.3) is 5.91 Å². The van der Waals surface area contributed by atoms with Crippen molar-refractivity contribution in [2.45, 2.75) is 13.0 Å². The highest BCUT2D eigenvalue weighted by Gasteiger charge is 2.30. The Morgan fingerprint density at radius 1 is 0.882 bits per heavy atom. The minimum absolute atomic E-state index is 0.0725. The monoisotopic (exact) mass is 448 g/mol. The van der Waals surface area contributed by atoms with Gasteiger partial charge in [-0.1, -0.05) is 60.7 Å². The molecule has 0 spiro atoms. The number of aromatic nitrogens is 2. The number of rotatable bonds is 3. The number of nitrogens with zero attached hydrogens (tertiary/aromatic N) is 4. The van der Waals surface area contributed by atoms with E-state index in [1.807, 2.05) is 77.7 Å². The summed E-state index contributed by atoms with van der Waals surface area (Å²) >= 11 is 0. The van der Waals surface area contributed by atoms with Crippen LogP contribution in [0.15, 0.2) is 89.3 Å². The van der Waals surface area contributed by atoms with E-state index in [0.29, 0.717) is 25.4 Å². The molecule has 1 saturated heterocycles. The Kier molecular flexibility index (Phi) is 4.99. The van der Waals surface area contributed by atoms with Crippen LogP contribution in [0, 0.1) is 0 Å². The molecule has 0 bridgehead atoms. The second-order valence-electron chi connectivity index (χ2n) is 8.73. The van der Waals surface area contributed by atoms with Gasteiger partial charge in [-0.2, -0.15) is 0 Å². The van der Waals surface area contributed by atoms with Crippen molar-refractivity contribution < 1.29 is 9.21 Å². The van der Waals surface area contributed by atoms with E-state index in [1.54, 1.807) is 0 Å². The molecule has 6 heteroatoms. The van der Waals surface area contributed by atoms with E-state index in [-0.39, 0.29) is 11.9 Å². The first-order valence-corrected chi connectivity index (χ1v) is 11.5. The highest BCUT2D eigenvalue weighted by Crippen LogP contribution is 2.35. The summed E-state index contributed by atoms with van der Waals surface area (Å²) in [5, 5.41) is 12.4. The fourth-order valence-electron chi connectivity index (χ4n) is 4.80. The number of para-hydroxylation sites is 1. The predicted molar refractivity (Wildman–Crippen MR) is 134 cm³/mol. The van der Waals surface area contributed by atoms with Crippen molar-refractivity contribution in [2.24, 2.45) is 0 Å². The third-order valence-corrected chi connectivity index (χ3v) is 6.53. The average molecular weight is 449 g/mol. The third-order valence-electron chi connectivity index (χ3n) is 6.53. The van der Waals surface area contributed by atoms with Gasteiger partial charge < -0.3 is 14.2 Å². The van der Waals surface area contributed by atoms with Crippen LogP contribution < -0.4 is 4.90 Å². The van der Waals surface area contributed by atoms with Gasteiger partial charge in [0.15, 0.2) is 11.6 Å². The molecule has 2 aromatic heterocycles. The molecule has 3 heterocycles. The second kappa shape index (κ2) is 8.30. The minimum Gasteiger partial charge on any atom is -0.454 e. The van der Waals surface area contributed by atoms with Gasteiger partial charge in [-0.15, -0.1) is 10.2 Å². The van der Waals surface area contributed by atoms with Crippen molar-refractivity contribution >= 4 is 33.5 Å². The summed E-state index contributed by atoms with van der Waals surface area (Å²) < 4.78 is 6.09. The zero-order valence-corrected chi connectivity index (χ0v) is 18.9. The maximum absolute atomic E-state index is 12.9. The Bertz CT molecular complexity index is 1460. The Hall–Kier alpha value is -4.19. The van der Waals surface area contributed by atoms with Crippen molar-refractivity contribution in [3.8, 4) is 11.5 Å². The maximum Gasteiger partial charge on any atom is 0.253 e. The van der Waals surface area contributed by atoms with E-state index < -0.39 is 0 Å². The number of carbonyl (C=O) groups excluding carboxylic acids is 1. The van der Waals surface area contributed by atoms with Gasteiger partial charge in [-0.05, 0) is 31.2 Å². The molecule has 1 aliphatic heterocycles. The summed E-state index contributed by atoms with van der Waals surface area (Å²) in [6, 6.07) is 27.7. The molecular weight excluding hydrogens is 424 g/mol. The van der Waals surface area contributed by atoms with E-state index in [2.05, 4.69) is 34.2 Å². The number of anilines is 1. The van der Waals surface area contributed by atoms with Crippen LogP contribution in [0.2, 0.25) is 0 Å². The molecule has 0 aliphatic carbocycles. The number of carbonyl (C=O) groups is 1. The molecule has 0 saturated carbocycles. The topological polar surface area (TPSA) is 62.5 Å². The number of piperazine rings is 1. The number of hydrogen-bond acceptors (Lipinski definition) is 5. The molecular formula is C28H24N4O2. The highest BCUT2D eigenvalue weighted by molar-refractivity contribution is 6.01. The Balaban J connectivity index is 1.33. The van der Waals surface area contributed by atoms with Crippen molar-refractivity contribution in [1.82, 2.24) is 15.1 Å². The Morgan fingerprint density at radius 2 is 1.62 bits per heavy atom. The lowest BCUT2D eigenvalue weighted by atomic mass is 10.1. The highest BCUT2D eigenvalue weighted by atomic mass is 16.3. The summed E-state index contributed by atoms with van der Waals surface area (Å²) in [5.41, 5.74) is 2.30. The molecule has 1 fully saturated rings. The molecule has 168 valence electrons. The first-order valence-electron chi connectivity index (χ1n) is 11.5. The lowest BCUT2D eigenvalue weighted by Crippen LogP contribution is -2.54. The van der Waals surface area contributed by atoms with Gasteiger partial charge in [0.1, 0.15) is 11.3 Å². The number of hydrogen-bond donors (Lipinski definition) is 0. The fraction of sp³-hybridized carbons (Fsp3) is 0.179. The van der Waals surface area contributed by atoms with Gasteiger partial charge in [0.05, 0.1) is 0 Å². The molecule has 6 nitrogen and oxygen atoms in total. The summed E-state index contributed by atoms with van der Waals surface area (Å²) in [4.78, 5) is 17.1. The van der Waals surface area contributed by atoms with Crippen LogP contribution in [0.4, 0.5) is 5.82 Å². The van der Waals surface area contributed by atoms with Crippen LogP contribution >= 0.6 is 0 Å². The van der Waals surface area contributed by atoms with E-state index >= 15 is 0 Å². The van der Waals surface area contributed by atoms with Gasteiger partial charge >= 0.3 is 0 Å². The molecule has 0 radical (unpaired) electrons. The van der Waals surface area contributed by atoms with Crippen molar-refractivity contribution in [2.75, 3.05) is 24.5 Å². The molecule has 1 atom stereocenters. The number of furan rings is 1. The molecule has 0 N–H and O–H groups in total. The van der Waals surface area contributed by atoms with Gasteiger partial charge in [0, 0.05) is 47.4 Å². The summed E-state index contributed by atoms with van der Waals surface area (Å²) in [5.74, 6) is 1.63. The summed E-state index contributed by atoms with van der Waals surface area (Å²) in [6.07, 6.45) is 0. The van der Waals surface area contributed by atoms with Crippen LogP contribution in [0.5, 0.6) is 0 Å². The van der Waals surface area contributed by atoms with E-state index in [1.165, 1.54) is 0 Å². The van der Waals surface area contributed by atoms with Crippen LogP contribution in [0.1, 0.15) is 17.3 Å². The molecule has 5 aromatic rings. The number of fused-ring (bicyclic) bond motifs is 2. The van der Waals surface area contributed by atoms with Crippen molar-refractivity contribution in [1.29, 1.82) is 0 Å². The van der Waals surface area contributed by atoms with Crippen molar-refractivity contribution in [3.63, 3.8) is 0 Å². The van der Waals surface area contributed by atoms with E-state index in [4.69, 9.17) is 4.42 Å². The SMILES string of the molecule is CC1CN(C(=O)c2ccccc2)CCN1c1nnc(-c2cc3ccccc3o2)c2ccccc12. The zero-order valence-electron chi connectivity index (χ0n) is 18.9. The molecule has 3 aromatic carbocycles. The predicted octanol–water partition coefficient (Wildman–Crippen LogP) is 5.39. The van der Waals surface area contributed by atoms with Crippen LogP contribution in [-0.2, 0) is 0 Å². The maximum atomic E-state index is 12.9. The first kappa shape index (κ1) is 20.4. The lowest BCUT2D eigenvalue weighted by Gasteiger charge is -2.40. The average Bonchev–Trinajstić information content (AvgIpc) is 3.32. The van der Waals surface area contributed by atoms with Gasteiger partial charge in [-0.3, -0.25) is 4.79 Å². The van der Waals surface area contributed by atoms with Gasteiger partial charge in [-0.25, -0.2) is 0 Å². The molecule has 1 unspecified atom stereocenters. The molecule has 34 heavy (non-hydrogen) atoms.